The first-order valence-electron chi connectivity index (χ1n) is 8.58. The number of carbonyl (C=O) groups is 2. The lowest BCUT2D eigenvalue weighted by Crippen LogP contribution is -2.11. The average molecular weight is 377 g/mol. The van der Waals surface area contributed by atoms with Gasteiger partial charge in [0.2, 0.25) is 5.91 Å². The minimum absolute atomic E-state index is 0.276. The molecule has 3 rings (SSSR count). The van der Waals surface area contributed by atoms with Crippen molar-refractivity contribution in [2.24, 2.45) is 0 Å². The fraction of sp³-hybridized carbons (Fsp3) is 0.0909. The summed E-state index contributed by atoms with van der Waals surface area (Å²) in [5.74, 6) is -0.742. The number of ether oxygens (including phenoxy) is 1. The second kappa shape index (κ2) is 8.96. The summed E-state index contributed by atoms with van der Waals surface area (Å²) in [5.41, 5.74) is 2.36. The smallest absolute Gasteiger partial charge is 0.350 e. The molecule has 5 heteroatoms. The molecule has 0 fully saturated rings. The van der Waals surface area contributed by atoms with Crippen LogP contribution < -0.4 is 5.32 Å². The fourth-order valence-electron chi connectivity index (χ4n) is 2.49. The molecule has 0 aliphatic carbocycles. The van der Waals surface area contributed by atoms with Gasteiger partial charge < -0.3 is 10.1 Å². The number of hydrogen-bond donors (Lipinski definition) is 1. The van der Waals surface area contributed by atoms with E-state index in [9.17, 15) is 9.59 Å². The normalized spacial score (nSPS) is 10.7. The Hall–Kier alpha value is -3.18. The van der Waals surface area contributed by atoms with Crippen LogP contribution in [0.4, 0.5) is 5.69 Å². The van der Waals surface area contributed by atoms with Crippen molar-refractivity contribution >= 4 is 35.0 Å². The number of amides is 1. The number of rotatable bonds is 6. The SMILES string of the molecule is CCOC(=O)c1sc(-c2ccccc2)cc1NC(=O)/C=C/c1ccccc1. The molecule has 0 saturated carbocycles. The van der Waals surface area contributed by atoms with E-state index in [0.717, 1.165) is 16.0 Å². The monoisotopic (exact) mass is 377 g/mol. The van der Waals surface area contributed by atoms with Crippen molar-refractivity contribution in [1.29, 1.82) is 0 Å². The highest BCUT2D eigenvalue weighted by Gasteiger charge is 2.19. The zero-order valence-electron chi connectivity index (χ0n) is 14.8. The lowest BCUT2D eigenvalue weighted by Gasteiger charge is -2.03. The Bertz CT molecular complexity index is 946. The Morgan fingerprint density at radius 2 is 1.70 bits per heavy atom. The van der Waals surface area contributed by atoms with Crippen LogP contribution in [-0.2, 0) is 9.53 Å². The molecule has 2 aromatic carbocycles. The quantitative estimate of drug-likeness (QED) is 0.472. The average Bonchev–Trinajstić information content (AvgIpc) is 3.12. The van der Waals surface area contributed by atoms with Crippen molar-refractivity contribution < 1.29 is 14.3 Å². The molecule has 0 radical (unpaired) electrons. The van der Waals surface area contributed by atoms with Gasteiger partial charge in [-0.05, 0) is 30.2 Å². The Balaban J connectivity index is 1.84. The van der Waals surface area contributed by atoms with Crippen LogP contribution in [0.5, 0.6) is 0 Å². The van der Waals surface area contributed by atoms with Crippen LogP contribution in [0.2, 0.25) is 0 Å². The Morgan fingerprint density at radius 3 is 2.37 bits per heavy atom. The van der Waals surface area contributed by atoms with Crippen molar-refractivity contribution in [3.05, 3.63) is 83.2 Å². The minimum atomic E-state index is -0.438. The van der Waals surface area contributed by atoms with Crippen LogP contribution >= 0.6 is 11.3 Å². The molecule has 0 aliphatic heterocycles. The molecule has 1 aromatic heterocycles. The maximum Gasteiger partial charge on any atom is 0.350 e. The molecule has 1 heterocycles. The summed E-state index contributed by atoms with van der Waals surface area (Å²) in [6.07, 6.45) is 3.17. The number of carbonyl (C=O) groups excluding carboxylic acids is 2. The number of benzene rings is 2. The van der Waals surface area contributed by atoms with E-state index >= 15 is 0 Å². The van der Waals surface area contributed by atoms with Crippen molar-refractivity contribution in [3.63, 3.8) is 0 Å². The molecule has 0 bridgehead atoms. The molecule has 0 unspecified atom stereocenters. The van der Waals surface area contributed by atoms with Crippen molar-refractivity contribution in [1.82, 2.24) is 0 Å². The molecular formula is C22H19NO3S. The Morgan fingerprint density at radius 1 is 1.04 bits per heavy atom. The van der Waals surface area contributed by atoms with Gasteiger partial charge in [-0.15, -0.1) is 11.3 Å². The number of thiophene rings is 1. The predicted molar refractivity (Wildman–Crippen MR) is 110 cm³/mol. The van der Waals surface area contributed by atoms with E-state index in [0.29, 0.717) is 10.6 Å². The maximum atomic E-state index is 12.3. The predicted octanol–water partition coefficient (Wildman–Crippen LogP) is 5.24. The van der Waals surface area contributed by atoms with Crippen LogP contribution in [-0.4, -0.2) is 18.5 Å². The summed E-state index contributed by atoms with van der Waals surface area (Å²) in [7, 11) is 0. The molecule has 27 heavy (non-hydrogen) atoms. The molecule has 0 atom stereocenters. The molecule has 4 nitrogen and oxygen atoms in total. The highest BCUT2D eigenvalue weighted by Crippen LogP contribution is 2.35. The van der Waals surface area contributed by atoms with Gasteiger partial charge in [-0.25, -0.2) is 4.79 Å². The summed E-state index contributed by atoms with van der Waals surface area (Å²) in [6.45, 7) is 2.03. The summed E-state index contributed by atoms with van der Waals surface area (Å²) >= 11 is 1.30. The van der Waals surface area contributed by atoms with Gasteiger partial charge in [0.25, 0.3) is 0 Å². The summed E-state index contributed by atoms with van der Waals surface area (Å²) < 4.78 is 5.13. The molecule has 0 aliphatic rings. The van der Waals surface area contributed by atoms with Crippen molar-refractivity contribution in [2.45, 2.75) is 6.92 Å². The van der Waals surface area contributed by atoms with Gasteiger partial charge >= 0.3 is 5.97 Å². The van der Waals surface area contributed by atoms with Gasteiger partial charge in [0.05, 0.1) is 12.3 Å². The second-order valence-corrected chi connectivity index (χ2v) is 6.73. The largest absolute Gasteiger partial charge is 0.462 e. The van der Waals surface area contributed by atoms with E-state index in [1.54, 1.807) is 19.1 Å². The highest BCUT2D eigenvalue weighted by atomic mass is 32.1. The van der Waals surface area contributed by atoms with Gasteiger partial charge in [0.15, 0.2) is 0 Å². The summed E-state index contributed by atoms with van der Waals surface area (Å²) in [6, 6.07) is 21.1. The van der Waals surface area contributed by atoms with E-state index in [1.165, 1.54) is 17.4 Å². The Labute approximate surface area is 162 Å². The zero-order chi connectivity index (χ0) is 19.1. The van der Waals surface area contributed by atoms with E-state index in [-0.39, 0.29) is 12.5 Å². The molecule has 0 spiro atoms. The number of esters is 1. The van der Waals surface area contributed by atoms with Crippen LogP contribution in [0.1, 0.15) is 22.2 Å². The second-order valence-electron chi connectivity index (χ2n) is 5.67. The third-order valence-electron chi connectivity index (χ3n) is 3.74. The van der Waals surface area contributed by atoms with E-state index in [2.05, 4.69) is 5.32 Å². The van der Waals surface area contributed by atoms with Crippen LogP contribution in [0, 0.1) is 0 Å². The van der Waals surface area contributed by atoms with Gasteiger partial charge in [0, 0.05) is 11.0 Å². The number of anilines is 1. The number of hydrogen-bond acceptors (Lipinski definition) is 4. The van der Waals surface area contributed by atoms with E-state index < -0.39 is 5.97 Å². The minimum Gasteiger partial charge on any atom is -0.462 e. The zero-order valence-corrected chi connectivity index (χ0v) is 15.7. The van der Waals surface area contributed by atoms with Crippen LogP contribution in [0.25, 0.3) is 16.5 Å². The van der Waals surface area contributed by atoms with Crippen molar-refractivity contribution in [3.8, 4) is 10.4 Å². The summed E-state index contributed by atoms with van der Waals surface area (Å²) in [5, 5.41) is 2.79. The Kier molecular flexibility index (Phi) is 6.18. The van der Waals surface area contributed by atoms with Gasteiger partial charge in [-0.3, -0.25) is 4.79 Å². The first-order chi connectivity index (χ1) is 13.2. The molecular weight excluding hydrogens is 358 g/mol. The van der Waals surface area contributed by atoms with Gasteiger partial charge in [0.1, 0.15) is 4.88 Å². The molecule has 1 amide bonds. The third-order valence-corrected chi connectivity index (χ3v) is 4.90. The molecule has 1 N–H and O–H groups in total. The lowest BCUT2D eigenvalue weighted by atomic mass is 10.2. The molecule has 3 aromatic rings. The third kappa shape index (κ3) is 4.92. The molecule has 136 valence electrons. The fourth-order valence-corrected chi connectivity index (χ4v) is 3.50. The van der Waals surface area contributed by atoms with Crippen LogP contribution in [0.15, 0.2) is 72.8 Å². The first kappa shape index (κ1) is 18.6. The standard InChI is InChI=1S/C22H19NO3S/c1-2-26-22(25)21-18(15-19(27-21)17-11-7-4-8-12-17)23-20(24)14-13-16-9-5-3-6-10-16/h3-15H,2H2,1H3,(H,23,24)/b14-13+. The lowest BCUT2D eigenvalue weighted by molar-refractivity contribution is -0.111. The van der Waals surface area contributed by atoms with Crippen LogP contribution in [0.3, 0.4) is 0 Å². The number of nitrogens with one attached hydrogen (secondary N) is 1. The summed E-state index contributed by atoms with van der Waals surface area (Å²) in [4.78, 5) is 25.9. The van der Waals surface area contributed by atoms with E-state index in [4.69, 9.17) is 4.74 Å². The topological polar surface area (TPSA) is 55.4 Å². The first-order valence-corrected chi connectivity index (χ1v) is 9.39. The van der Waals surface area contributed by atoms with E-state index in [1.807, 2.05) is 60.7 Å². The maximum absolute atomic E-state index is 12.3. The van der Waals surface area contributed by atoms with Crippen molar-refractivity contribution in [2.75, 3.05) is 11.9 Å². The van der Waals surface area contributed by atoms with Gasteiger partial charge in [-0.2, -0.15) is 0 Å². The highest BCUT2D eigenvalue weighted by molar-refractivity contribution is 7.18. The van der Waals surface area contributed by atoms with Gasteiger partial charge in [-0.1, -0.05) is 60.7 Å². The molecule has 0 saturated heterocycles.